The van der Waals surface area contributed by atoms with E-state index < -0.39 is 26.0 Å². The maximum atomic E-state index is 14.9. The lowest BCUT2D eigenvalue weighted by atomic mass is 10.1. The van der Waals surface area contributed by atoms with Crippen LogP contribution in [0.4, 0.5) is 25.0 Å². The Balaban J connectivity index is 1.27. The number of halogens is 2. The smallest absolute Gasteiger partial charge is 0.411 e. The first kappa shape index (κ1) is 25.6. The van der Waals surface area contributed by atoms with E-state index >= 15 is 0 Å². The summed E-state index contributed by atoms with van der Waals surface area (Å²) in [6.45, 7) is 13.4. The molecule has 1 aliphatic heterocycles. The van der Waals surface area contributed by atoms with Crippen LogP contribution in [0.15, 0.2) is 42.5 Å². The molecule has 0 spiro atoms. The number of rotatable bonds is 8. The molecule has 2 fully saturated rings. The average Bonchev–Trinajstić information content (AvgIpc) is 3.21. The molecule has 5 nitrogen and oxygen atoms in total. The zero-order chi connectivity index (χ0) is 25.4. The predicted molar refractivity (Wildman–Crippen MR) is 137 cm³/mol. The molecule has 0 radical (unpaired) electrons. The number of nitrogens with zero attached hydrogens (tertiary/aromatic N) is 1. The Morgan fingerprint density at radius 3 is 2.26 bits per heavy atom. The molecule has 8 heteroatoms. The number of hydrogen-bond donors (Lipinski definition) is 1. The fourth-order valence-corrected chi connectivity index (χ4v) is 5.80. The van der Waals surface area contributed by atoms with E-state index in [0.717, 1.165) is 30.7 Å². The summed E-state index contributed by atoms with van der Waals surface area (Å²) in [6, 6.07) is 11.5. The molecule has 1 heterocycles. The molecule has 0 aromatic heterocycles. The van der Waals surface area contributed by atoms with Crippen LogP contribution in [0.5, 0.6) is 0 Å². The number of nitrogens with one attached hydrogen (secondary N) is 1. The maximum absolute atomic E-state index is 14.9. The van der Waals surface area contributed by atoms with Gasteiger partial charge < -0.3 is 14.1 Å². The van der Waals surface area contributed by atoms with Crippen molar-refractivity contribution in [3.8, 4) is 0 Å². The number of anilines is 2. The normalized spacial score (nSPS) is 21.6. The minimum Gasteiger partial charge on any atom is -0.444 e. The topological polar surface area (TPSA) is 50.8 Å². The summed E-state index contributed by atoms with van der Waals surface area (Å²) in [5.41, 5.74) is 0.844. The molecule has 2 aromatic rings. The van der Waals surface area contributed by atoms with E-state index in [1.165, 1.54) is 0 Å². The van der Waals surface area contributed by atoms with Crippen LogP contribution in [0.2, 0.25) is 18.1 Å². The van der Waals surface area contributed by atoms with Gasteiger partial charge in [-0.25, -0.2) is 13.6 Å². The standard InChI is InChI=1S/C27H36F2N2O3Si/c1-27(2,3)35(4,5)34-12-11-20-21-15-31(16-22(20)21)25-23(28)13-19(14-24(25)29)30-26(32)33-17-18-9-7-6-8-10-18/h6-10,13-14,20-22H,11-12,15-17H2,1-5H3,(H,30,32). The molecule has 1 saturated heterocycles. The second kappa shape index (κ2) is 9.89. The van der Waals surface area contributed by atoms with Gasteiger partial charge in [-0.3, -0.25) is 5.32 Å². The van der Waals surface area contributed by atoms with Crippen molar-refractivity contribution in [2.24, 2.45) is 17.8 Å². The van der Waals surface area contributed by atoms with Gasteiger partial charge in [0.2, 0.25) is 0 Å². The average molecular weight is 503 g/mol. The van der Waals surface area contributed by atoms with E-state index in [0.29, 0.717) is 30.8 Å². The second-order valence-corrected chi connectivity index (χ2v) is 16.1. The monoisotopic (exact) mass is 502 g/mol. The molecule has 1 N–H and O–H groups in total. The Bertz CT molecular complexity index is 1020. The third-order valence-electron chi connectivity index (χ3n) is 7.88. The quantitative estimate of drug-likeness (QED) is 0.403. The van der Waals surface area contributed by atoms with E-state index in [1.807, 2.05) is 30.3 Å². The van der Waals surface area contributed by atoms with E-state index in [4.69, 9.17) is 9.16 Å². The lowest BCUT2D eigenvalue weighted by molar-refractivity contribution is 0.155. The van der Waals surface area contributed by atoms with Crippen molar-refractivity contribution in [1.29, 1.82) is 0 Å². The summed E-state index contributed by atoms with van der Waals surface area (Å²) < 4.78 is 41.2. The fourth-order valence-electron chi connectivity index (χ4n) is 4.74. The van der Waals surface area contributed by atoms with Gasteiger partial charge in [-0.2, -0.15) is 0 Å². The van der Waals surface area contributed by atoms with Gasteiger partial charge in [-0.1, -0.05) is 51.1 Å². The first-order valence-corrected chi connectivity index (χ1v) is 15.2. The Labute approximate surface area is 207 Å². The highest BCUT2D eigenvalue weighted by molar-refractivity contribution is 6.74. The minimum atomic E-state index is -1.75. The molecule has 2 aromatic carbocycles. The van der Waals surface area contributed by atoms with Crippen molar-refractivity contribution in [2.45, 2.75) is 51.9 Å². The first-order chi connectivity index (χ1) is 16.5. The van der Waals surface area contributed by atoms with E-state index in [9.17, 15) is 13.6 Å². The molecule has 1 aliphatic carbocycles. The first-order valence-electron chi connectivity index (χ1n) is 12.3. The fraction of sp³-hybridized carbons (Fsp3) is 0.519. The Kier molecular flexibility index (Phi) is 7.25. The summed E-state index contributed by atoms with van der Waals surface area (Å²) in [6.07, 6.45) is 0.250. The Morgan fingerprint density at radius 1 is 1.09 bits per heavy atom. The number of hydrogen-bond acceptors (Lipinski definition) is 4. The number of piperidine rings is 1. The van der Waals surface area contributed by atoms with Crippen LogP contribution in [0.1, 0.15) is 32.8 Å². The van der Waals surface area contributed by atoms with Crippen LogP contribution in [-0.4, -0.2) is 34.1 Å². The highest BCUT2D eigenvalue weighted by atomic mass is 28.4. The van der Waals surface area contributed by atoms with Gasteiger partial charge in [-0.05, 0) is 60.0 Å². The Hall–Kier alpha value is -2.45. The van der Waals surface area contributed by atoms with Crippen LogP contribution in [0.25, 0.3) is 0 Å². The summed E-state index contributed by atoms with van der Waals surface area (Å²) >= 11 is 0. The minimum absolute atomic E-state index is 0.0170. The third kappa shape index (κ3) is 5.86. The summed E-state index contributed by atoms with van der Waals surface area (Å²) in [7, 11) is -1.75. The maximum Gasteiger partial charge on any atom is 0.411 e. The number of carbonyl (C=O) groups excluding carboxylic acids is 1. The number of carbonyl (C=O) groups is 1. The molecule has 35 heavy (non-hydrogen) atoms. The summed E-state index contributed by atoms with van der Waals surface area (Å²) in [4.78, 5) is 13.8. The lowest BCUT2D eigenvalue weighted by Gasteiger charge is -2.36. The lowest BCUT2D eigenvalue weighted by Crippen LogP contribution is -2.41. The van der Waals surface area contributed by atoms with Gasteiger partial charge in [0.1, 0.15) is 12.3 Å². The number of ether oxygens (including phenoxy) is 1. The van der Waals surface area contributed by atoms with Crippen LogP contribution in [-0.2, 0) is 15.8 Å². The van der Waals surface area contributed by atoms with E-state index in [2.05, 4.69) is 39.2 Å². The molecule has 1 amide bonds. The number of fused-ring (bicyclic) bond motifs is 1. The van der Waals surface area contributed by atoms with Crippen LogP contribution < -0.4 is 10.2 Å². The van der Waals surface area contributed by atoms with Gasteiger partial charge in [-0.15, -0.1) is 0 Å². The zero-order valence-corrected chi connectivity index (χ0v) is 22.2. The highest BCUT2D eigenvalue weighted by Crippen LogP contribution is 2.55. The van der Waals surface area contributed by atoms with Crippen molar-refractivity contribution in [3.05, 3.63) is 59.7 Å². The van der Waals surface area contributed by atoms with Crippen molar-refractivity contribution in [1.82, 2.24) is 0 Å². The van der Waals surface area contributed by atoms with Gasteiger partial charge >= 0.3 is 6.09 Å². The van der Waals surface area contributed by atoms with Crippen LogP contribution in [0, 0.1) is 29.4 Å². The largest absolute Gasteiger partial charge is 0.444 e. The van der Waals surface area contributed by atoms with Gasteiger partial charge in [0.15, 0.2) is 20.0 Å². The van der Waals surface area contributed by atoms with Gasteiger partial charge in [0.25, 0.3) is 0 Å². The molecular weight excluding hydrogens is 466 g/mol. The van der Waals surface area contributed by atoms with E-state index in [-0.39, 0.29) is 23.0 Å². The summed E-state index contributed by atoms with van der Waals surface area (Å²) in [5.74, 6) is 0.137. The molecule has 0 bridgehead atoms. The van der Waals surface area contributed by atoms with Crippen LogP contribution >= 0.6 is 0 Å². The van der Waals surface area contributed by atoms with Crippen LogP contribution in [0.3, 0.4) is 0 Å². The van der Waals surface area contributed by atoms with Crippen molar-refractivity contribution in [2.75, 3.05) is 29.9 Å². The number of amides is 1. The molecular formula is C27H36F2N2O3Si. The second-order valence-electron chi connectivity index (χ2n) is 11.3. The molecule has 190 valence electrons. The Morgan fingerprint density at radius 2 is 1.69 bits per heavy atom. The summed E-state index contributed by atoms with van der Waals surface area (Å²) in [5, 5.41) is 2.60. The van der Waals surface area contributed by atoms with Crippen molar-refractivity contribution < 1.29 is 22.7 Å². The highest BCUT2D eigenvalue weighted by Gasteiger charge is 2.55. The third-order valence-corrected chi connectivity index (χ3v) is 12.4. The molecule has 1 saturated carbocycles. The molecule has 2 unspecified atom stereocenters. The number of benzene rings is 2. The molecule has 2 atom stereocenters. The van der Waals surface area contributed by atoms with Crippen molar-refractivity contribution in [3.63, 3.8) is 0 Å². The molecule has 4 rings (SSSR count). The zero-order valence-electron chi connectivity index (χ0n) is 21.2. The van der Waals surface area contributed by atoms with Crippen molar-refractivity contribution >= 4 is 25.8 Å². The predicted octanol–water partition coefficient (Wildman–Crippen LogP) is 6.81. The van der Waals surface area contributed by atoms with Gasteiger partial charge in [0, 0.05) is 25.4 Å². The SMILES string of the molecule is CC(C)(C)[Si](C)(C)OCCC1C2CN(c3c(F)cc(NC(=O)OCc4ccccc4)cc3F)CC12. The van der Waals surface area contributed by atoms with E-state index in [1.54, 1.807) is 4.90 Å². The molecule has 2 aliphatic rings. The van der Waals surface area contributed by atoms with Gasteiger partial charge in [0.05, 0.1) is 0 Å².